The fourth-order valence-electron chi connectivity index (χ4n) is 0.855. The number of rotatable bonds is 3. The number of aryl methyl sites for hydroxylation is 1. The third-order valence-corrected chi connectivity index (χ3v) is 1.90. The monoisotopic (exact) mass is 270 g/mol. The summed E-state index contributed by atoms with van der Waals surface area (Å²) in [5.74, 6) is 0.769. The molecule has 1 heterocycles. The Kier molecular flexibility index (Phi) is 4.33. The highest BCUT2D eigenvalue weighted by atomic mass is 35.6. The lowest BCUT2D eigenvalue weighted by Gasteiger charge is -2.11. The maximum absolute atomic E-state index is 8.61. The van der Waals surface area contributed by atoms with Crippen molar-refractivity contribution in [1.29, 1.82) is 0 Å². The summed E-state index contributed by atoms with van der Waals surface area (Å²) in [7, 11) is 0. The lowest BCUT2D eigenvalue weighted by atomic mass is 10.6. The SMILES string of the molecule is Cc1nc(NCCO)nc(C(Cl)(Cl)Cl)n1. The molecule has 0 aliphatic rings. The van der Waals surface area contributed by atoms with Gasteiger partial charge in [0.1, 0.15) is 5.82 Å². The summed E-state index contributed by atoms with van der Waals surface area (Å²) in [5.41, 5.74) is 0. The minimum atomic E-state index is -1.68. The highest BCUT2D eigenvalue weighted by molar-refractivity contribution is 6.66. The second kappa shape index (κ2) is 5.12. The van der Waals surface area contributed by atoms with Crippen LogP contribution in [-0.2, 0) is 3.79 Å². The third-order valence-electron chi connectivity index (χ3n) is 1.40. The van der Waals surface area contributed by atoms with Crippen molar-refractivity contribution >= 4 is 40.8 Å². The van der Waals surface area contributed by atoms with E-state index in [0.29, 0.717) is 12.4 Å². The lowest BCUT2D eigenvalue weighted by Crippen LogP contribution is -2.15. The van der Waals surface area contributed by atoms with Gasteiger partial charge in [-0.3, -0.25) is 0 Å². The van der Waals surface area contributed by atoms with Gasteiger partial charge in [-0.05, 0) is 6.92 Å². The quantitative estimate of drug-likeness (QED) is 0.814. The molecule has 84 valence electrons. The number of nitrogens with zero attached hydrogens (tertiary/aromatic N) is 3. The summed E-state index contributed by atoms with van der Waals surface area (Å²) < 4.78 is -1.68. The molecular formula is C7H9Cl3N4O. The Morgan fingerprint density at radius 1 is 1.27 bits per heavy atom. The predicted octanol–water partition coefficient (Wildman–Crippen LogP) is 1.41. The molecule has 0 amide bonds. The topological polar surface area (TPSA) is 70.9 Å². The Labute approximate surface area is 102 Å². The van der Waals surface area contributed by atoms with Crippen LogP contribution in [0.5, 0.6) is 0 Å². The molecule has 2 N–H and O–H groups in total. The molecule has 0 saturated heterocycles. The zero-order valence-electron chi connectivity index (χ0n) is 7.84. The van der Waals surface area contributed by atoms with E-state index < -0.39 is 3.79 Å². The molecule has 0 saturated carbocycles. The van der Waals surface area contributed by atoms with E-state index >= 15 is 0 Å². The fourth-order valence-corrected chi connectivity index (χ4v) is 1.11. The third kappa shape index (κ3) is 3.95. The van der Waals surface area contributed by atoms with Crippen LogP contribution in [0.2, 0.25) is 0 Å². The summed E-state index contributed by atoms with van der Waals surface area (Å²) in [4.78, 5) is 11.8. The molecule has 0 bridgehead atoms. The molecule has 0 aliphatic heterocycles. The molecule has 8 heteroatoms. The molecule has 0 spiro atoms. The summed E-state index contributed by atoms with van der Waals surface area (Å²) in [5, 5.41) is 11.4. The van der Waals surface area contributed by atoms with Crippen molar-refractivity contribution in [2.75, 3.05) is 18.5 Å². The van der Waals surface area contributed by atoms with Gasteiger partial charge < -0.3 is 10.4 Å². The van der Waals surface area contributed by atoms with E-state index in [2.05, 4.69) is 20.3 Å². The van der Waals surface area contributed by atoms with Crippen molar-refractivity contribution in [2.24, 2.45) is 0 Å². The number of hydrogen-bond donors (Lipinski definition) is 2. The number of alkyl halides is 3. The van der Waals surface area contributed by atoms with Crippen LogP contribution < -0.4 is 5.32 Å². The Hall–Kier alpha value is -0.360. The number of nitrogens with one attached hydrogen (secondary N) is 1. The molecule has 0 fully saturated rings. The minimum Gasteiger partial charge on any atom is -0.395 e. The summed E-state index contributed by atoms with van der Waals surface area (Å²) >= 11 is 16.9. The summed E-state index contributed by atoms with van der Waals surface area (Å²) in [6.07, 6.45) is 0. The summed E-state index contributed by atoms with van der Waals surface area (Å²) in [6, 6.07) is 0. The van der Waals surface area contributed by atoms with Crippen LogP contribution in [0.1, 0.15) is 11.6 Å². The Morgan fingerprint density at radius 2 is 1.93 bits per heavy atom. The first kappa shape index (κ1) is 12.7. The van der Waals surface area contributed by atoms with Crippen LogP contribution in [0.15, 0.2) is 0 Å². The van der Waals surface area contributed by atoms with Gasteiger partial charge in [0.2, 0.25) is 9.74 Å². The maximum Gasteiger partial charge on any atom is 0.250 e. The van der Waals surface area contributed by atoms with Crippen molar-refractivity contribution in [3.05, 3.63) is 11.6 Å². The van der Waals surface area contributed by atoms with Gasteiger partial charge in [-0.15, -0.1) is 0 Å². The van der Waals surface area contributed by atoms with Gasteiger partial charge in [0.25, 0.3) is 0 Å². The number of hydrogen-bond acceptors (Lipinski definition) is 5. The Balaban J connectivity index is 2.95. The number of anilines is 1. The molecule has 1 aromatic heterocycles. The van der Waals surface area contributed by atoms with Crippen molar-refractivity contribution in [3.63, 3.8) is 0 Å². The second-order valence-electron chi connectivity index (χ2n) is 2.68. The van der Waals surface area contributed by atoms with E-state index in [4.69, 9.17) is 39.9 Å². The second-order valence-corrected chi connectivity index (χ2v) is 4.96. The zero-order chi connectivity index (χ0) is 11.5. The minimum absolute atomic E-state index is 0.0339. The van der Waals surface area contributed by atoms with Gasteiger partial charge in [-0.2, -0.15) is 9.97 Å². The first-order chi connectivity index (χ1) is 6.93. The number of aliphatic hydroxyl groups is 1. The molecule has 1 aromatic rings. The molecule has 0 atom stereocenters. The normalized spacial score (nSPS) is 11.5. The van der Waals surface area contributed by atoms with Gasteiger partial charge in [-0.25, -0.2) is 4.98 Å². The fraction of sp³-hybridized carbons (Fsp3) is 0.571. The number of aromatic nitrogens is 3. The van der Waals surface area contributed by atoms with Crippen LogP contribution >= 0.6 is 34.8 Å². The molecule has 0 aliphatic carbocycles. The van der Waals surface area contributed by atoms with Crippen LogP contribution in [-0.4, -0.2) is 33.2 Å². The summed E-state index contributed by atoms with van der Waals surface area (Å²) in [6.45, 7) is 1.95. The first-order valence-electron chi connectivity index (χ1n) is 4.08. The van der Waals surface area contributed by atoms with E-state index in [-0.39, 0.29) is 18.4 Å². The Bertz CT molecular complexity index is 341. The maximum atomic E-state index is 8.61. The zero-order valence-corrected chi connectivity index (χ0v) is 10.1. The van der Waals surface area contributed by atoms with Crippen LogP contribution in [0.25, 0.3) is 0 Å². The largest absolute Gasteiger partial charge is 0.395 e. The molecule has 1 rings (SSSR count). The lowest BCUT2D eigenvalue weighted by molar-refractivity contribution is 0.310. The Morgan fingerprint density at radius 3 is 2.47 bits per heavy atom. The van der Waals surface area contributed by atoms with Gasteiger partial charge >= 0.3 is 0 Å². The number of aliphatic hydroxyl groups excluding tert-OH is 1. The van der Waals surface area contributed by atoms with Crippen molar-refractivity contribution in [2.45, 2.75) is 10.7 Å². The average Bonchev–Trinajstić information content (AvgIpc) is 2.12. The van der Waals surface area contributed by atoms with Gasteiger partial charge in [0.05, 0.1) is 6.61 Å². The van der Waals surface area contributed by atoms with E-state index in [1.54, 1.807) is 6.92 Å². The van der Waals surface area contributed by atoms with Crippen molar-refractivity contribution < 1.29 is 5.11 Å². The van der Waals surface area contributed by atoms with Crippen LogP contribution in [0.3, 0.4) is 0 Å². The standard InChI is InChI=1S/C7H9Cl3N4O/c1-4-12-5(7(8,9)10)14-6(13-4)11-2-3-15/h15H,2-3H2,1H3,(H,11,12,13,14). The molecule has 5 nitrogen and oxygen atoms in total. The van der Waals surface area contributed by atoms with E-state index in [9.17, 15) is 0 Å². The number of halogens is 3. The van der Waals surface area contributed by atoms with Crippen molar-refractivity contribution in [3.8, 4) is 0 Å². The van der Waals surface area contributed by atoms with Gasteiger partial charge in [0, 0.05) is 6.54 Å². The van der Waals surface area contributed by atoms with Gasteiger partial charge in [0.15, 0.2) is 5.82 Å². The highest BCUT2D eigenvalue weighted by Gasteiger charge is 2.27. The molecule has 0 radical (unpaired) electrons. The molecule has 0 unspecified atom stereocenters. The molecule has 0 aromatic carbocycles. The van der Waals surface area contributed by atoms with Crippen LogP contribution in [0, 0.1) is 6.92 Å². The van der Waals surface area contributed by atoms with E-state index in [1.165, 1.54) is 0 Å². The smallest absolute Gasteiger partial charge is 0.250 e. The van der Waals surface area contributed by atoms with Crippen molar-refractivity contribution in [1.82, 2.24) is 15.0 Å². The van der Waals surface area contributed by atoms with Gasteiger partial charge in [-0.1, -0.05) is 34.8 Å². The highest BCUT2D eigenvalue weighted by Crippen LogP contribution is 2.35. The van der Waals surface area contributed by atoms with E-state index in [1.807, 2.05) is 0 Å². The predicted molar refractivity (Wildman–Crippen MR) is 59.4 cm³/mol. The molecule has 15 heavy (non-hydrogen) atoms. The first-order valence-corrected chi connectivity index (χ1v) is 5.21. The molecular weight excluding hydrogens is 262 g/mol. The van der Waals surface area contributed by atoms with E-state index in [0.717, 1.165) is 0 Å². The van der Waals surface area contributed by atoms with Crippen LogP contribution in [0.4, 0.5) is 5.95 Å². The average molecular weight is 272 g/mol.